The quantitative estimate of drug-likeness (QED) is 0.147. The molecule has 3 atom stereocenters. The number of rotatable bonds is 18. The molecule has 1 heterocycles. The molecule has 1 rings (SSSR count). The third-order valence-corrected chi connectivity index (χ3v) is 5.41. The average molecular weight is 459 g/mol. The third-order valence-electron chi connectivity index (χ3n) is 4.94. The van der Waals surface area contributed by atoms with Gasteiger partial charge >= 0.3 is 51.4 Å². The predicted octanol–water partition coefficient (Wildman–Crippen LogP) is 2.25. The van der Waals surface area contributed by atoms with Crippen LogP contribution in [0.25, 0.3) is 0 Å². The Morgan fingerprint density at radius 3 is 2.14 bits per heavy atom. The van der Waals surface area contributed by atoms with Crippen LogP contribution < -0.4 is 56.3 Å². The molecule has 1 saturated heterocycles. The topological polar surface area (TPSA) is 88.1 Å². The normalized spacial score (nSPS) is 21.3. The molecule has 1 N–H and O–H groups in total. The van der Waals surface area contributed by atoms with Gasteiger partial charge in [-0.15, -0.1) is 0 Å². The Bertz CT molecular complexity index is 443. The number of phosphoric ester groups is 1. The van der Waals surface area contributed by atoms with Crippen molar-refractivity contribution in [2.45, 2.75) is 109 Å². The maximum absolute atomic E-state index is 10.6. The summed E-state index contributed by atoms with van der Waals surface area (Å²) in [6, 6.07) is 0. The first-order valence-corrected chi connectivity index (χ1v) is 12.6. The van der Waals surface area contributed by atoms with E-state index < -0.39 is 13.9 Å². The number of unbranched alkanes of at least 4 members (excludes halogenated alkanes) is 11. The maximum atomic E-state index is 10.6. The van der Waals surface area contributed by atoms with Crippen molar-refractivity contribution in [2.75, 3.05) is 13.2 Å². The molecule has 0 saturated carbocycles. The van der Waals surface area contributed by atoms with Crippen molar-refractivity contribution < 1.29 is 79.7 Å². The minimum absolute atomic E-state index is 0. The molecule has 0 amide bonds. The molecule has 1 unspecified atom stereocenters. The number of ether oxygens (including phenoxy) is 2. The molecule has 0 spiro atoms. The predicted molar refractivity (Wildman–Crippen MR) is 110 cm³/mol. The van der Waals surface area contributed by atoms with E-state index in [9.17, 15) is 9.46 Å². The van der Waals surface area contributed by atoms with Crippen LogP contribution in [-0.4, -0.2) is 30.5 Å². The van der Waals surface area contributed by atoms with E-state index in [1.54, 1.807) is 0 Å². The van der Waals surface area contributed by atoms with Gasteiger partial charge in [0.05, 0.1) is 13.2 Å². The van der Waals surface area contributed by atoms with E-state index >= 15 is 0 Å². The van der Waals surface area contributed by atoms with Gasteiger partial charge in [0.2, 0.25) is 0 Å². The number of phosphoric acid groups is 1. The van der Waals surface area contributed by atoms with Gasteiger partial charge in [0.15, 0.2) is 6.29 Å². The van der Waals surface area contributed by atoms with Crippen LogP contribution in [-0.2, 0) is 18.6 Å². The van der Waals surface area contributed by atoms with Crippen molar-refractivity contribution in [3.8, 4) is 0 Å². The molecule has 29 heavy (non-hydrogen) atoms. The molecule has 0 bridgehead atoms. The second kappa shape index (κ2) is 20.0. The molecule has 1 fully saturated rings. The molecular weight excluding hydrogens is 418 g/mol. The minimum atomic E-state index is -4.68. The Morgan fingerprint density at radius 2 is 1.55 bits per heavy atom. The Labute approximate surface area is 220 Å². The maximum Gasteiger partial charge on any atom is 1.00 e. The Kier molecular flexibility index (Phi) is 21.0. The molecule has 8 heteroatoms. The van der Waals surface area contributed by atoms with Gasteiger partial charge in [-0.25, -0.2) is 0 Å². The number of allylic oxidation sites excluding steroid dienone is 2. The second-order valence-corrected chi connectivity index (χ2v) is 8.85. The fraction of sp³-hybridized carbons (Fsp3) is 0.905. The van der Waals surface area contributed by atoms with Crippen LogP contribution >= 0.6 is 7.82 Å². The van der Waals surface area contributed by atoms with Crippen LogP contribution in [0.3, 0.4) is 0 Å². The fourth-order valence-corrected chi connectivity index (χ4v) is 3.66. The van der Waals surface area contributed by atoms with E-state index in [1.165, 1.54) is 70.6 Å². The molecule has 166 valence electrons. The monoisotopic (exact) mass is 458 g/mol. The molecule has 1 aliphatic heterocycles. The van der Waals surface area contributed by atoms with Gasteiger partial charge in [-0.2, -0.15) is 0 Å². The molecule has 0 radical (unpaired) electrons. The van der Waals surface area contributed by atoms with E-state index in [-0.39, 0.29) is 64.3 Å². The van der Waals surface area contributed by atoms with Crippen LogP contribution in [0.2, 0.25) is 0 Å². The summed E-state index contributed by atoms with van der Waals surface area (Å²) in [5.41, 5.74) is 0. The third kappa shape index (κ3) is 19.8. The summed E-state index contributed by atoms with van der Waals surface area (Å²) in [5.74, 6) is 0. The largest absolute Gasteiger partial charge is 1.00 e. The average Bonchev–Trinajstić information content (AvgIpc) is 3.10. The molecule has 6 nitrogen and oxygen atoms in total. The molecule has 0 aromatic rings. The zero-order chi connectivity index (χ0) is 20.5. The summed E-state index contributed by atoms with van der Waals surface area (Å²) in [5, 5.41) is 0. The summed E-state index contributed by atoms with van der Waals surface area (Å²) >= 11 is 0. The van der Waals surface area contributed by atoms with Gasteiger partial charge in [0, 0.05) is 0 Å². The number of hydrogen-bond donors (Lipinski definition) is 1. The van der Waals surface area contributed by atoms with Crippen molar-refractivity contribution in [1.82, 2.24) is 0 Å². The molecule has 0 aromatic heterocycles. The molecular formula is C21H40KO6P. The summed E-state index contributed by atoms with van der Waals surface area (Å²) in [6.07, 6.45) is 21.2. The Hall–Kier alpha value is 1.41. The van der Waals surface area contributed by atoms with Crippen LogP contribution in [0.4, 0.5) is 0 Å². The first kappa shape index (κ1) is 30.4. The van der Waals surface area contributed by atoms with Crippen LogP contribution in [0.1, 0.15) is 96.8 Å². The van der Waals surface area contributed by atoms with Gasteiger partial charge in [-0.1, -0.05) is 70.4 Å². The first-order chi connectivity index (χ1) is 13.5. The number of hydrogen-bond acceptors (Lipinski definition) is 5. The van der Waals surface area contributed by atoms with Crippen molar-refractivity contribution in [3.05, 3.63) is 12.2 Å². The van der Waals surface area contributed by atoms with Gasteiger partial charge in [0.1, 0.15) is 6.10 Å². The van der Waals surface area contributed by atoms with Crippen molar-refractivity contribution in [1.29, 1.82) is 0 Å². The molecule has 0 aliphatic carbocycles. The van der Waals surface area contributed by atoms with E-state index in [4.69, 9.17) is 14.4 Å². The standard InChI is InChI=1S/C21H41O6P.K/c1-2-3-4-5-6-7-8-9-10-11-12-13-14-15-16-17-21-25-18-20(27-21)19-26-28(22,23)24;/h8-9,20-21H,2-7,10-19H2,1H3,(H2,22,23,24);/q;+1/p-1/b9-8+;/t20-,21+;/m0./s1. The molecule has 0 aromatic carbocycles. The first-order valence-electron chi connectivity index (χ1n) is 11.1. The van der Waals surface area contributed by atoms with Gasteiger partial charge in [0.25, 0.3) is 7.82 Å². The summed E-state index contributed by atoms with van der Waals surface area (Å²) in [7, 11) is -4.68. The summed E-state index contributed by atoms with van der Waals surface area (Å²) in [6.45, 7) is 2.36. The SMILES string of the molecule is CCCCCCC/C=C/CCCCCCCC[C@@H]1OC[C@@H](COP(=O)([O-])O)O1.[K+]. The second-order valence-electron chi connectivity index (χ2n) is 7.66. The smallest absolute Gasteiger partial charge is 0.756 e. The Balaban J connectivity index is 0.00000784. The Morgan fingerprint density at radius 1 is 1.00 bits per heavy atom. The van der Waals surface area contributed by atoms with Crippen LogP contribution in [0.5, 0.6) is 0 Å². The van der Waals surface area contributed by atoms with E-state index in [0.717, 1.165) is 19.3 Å². The van der Waals surface area contributed by atoms with Crippen molar-refractivity contribution >= 4 is 7.82 Å². The van der Waals surface area contributed by atoms with Gasteiger partial charge in [-0.3, -0.25) is 4.57 Å². The van der Waals surface area contributed by atoms with Crippen LogP contribution in [0.15, 0.2) is 12.2 Å². The van der Waals surface area contributed by atoms with Crippen molar-refractivity contribution in [2.24, 2.45) is 0 Å². The summed E-state index contributed by atoms with van der Waals surface area (Å²) in [4.78, 5) is 19.1. The zero-order valence-corrected chi connectivity index (χ0v) is 22.6. The summed E-state index contributed by atoms with van der Waals surface area (Å²) < 4.78 is 25.9. The van der Waals surface area contributed by atoms with Gasteiger partial charge in [-0.05, 0) is 38.5 Å². The van der Waals surface area contributed by atoms with Crippen LogP contribution in [0, 0.1) is 0 Å². The molecule has 1 aliphatic rings. The van der Waals surface area contributed by atoms with E-state index in [2.05, 4.69) is 23.6 Å². The zero-order valence-electron chi connectivity index (χ0n) is 18.6. The minimum Gasteiger partial charge on any atom is -0.756 e. The van der Waals surface area contributed by atoms with Gasteiger partial charge < -0.3 is 23.8 Å². The van der Waals surface area contributed by atoms with Crippen molar-refractivity contribution in [3.63, 3.8) is 0 Å². The fourth-order valence-electron chi connectivity index (χ4n) is 3.31. The van der Waals surface area contributed by atoms with E-state index in [0.29, 0.717) is 6.61 Å². The van der Waals surface area contributed by atoms with E-state index in [1.807, 2.05) is 0 Å².